The molecule has 1 amide bonds. The Hall–Kier alpha value is -1.59. The molecule has 0 aromatic carbocycles. The van der Waals surface area contributed by atoms with Crippen LogP contribution in [0.15, 0.2) is 0 Å². The molecule has 2 fully saturated rings. The first-order chi connectivity index (χ1) is 8.62. The number of likely N-dealkylation sites (tertiary alicyclic amines) is 1. The maximum Gasteiger partial charge on any atom is 0.411 e. The van der Waals surface area contributed by atoms with Crippen molar-refractivity contribution in [3.8, 4) is 0 Å². The standard InChI is InChI=1S/C13H19NO5/c1-12(2,3)19-11(18)14-7-13(4-8(15)5-13)6-9(14)10(16)17/h9H,4-7H2,1-3H3,(H,16,17)/t9-/m0/s1. The normalized spacial score (nSPS) is 25.3. The molecule has 19 heavy (non-hydrogen) atoms. The lowest BCUT2D eigenvalue weighted by Crippen LogP contribution is -2.44. The fourth-order valence-corrected chi connectivity index (χ4v) is 2.83. The van der Waals surface area contributed by atoms with Crippen molar-refractivity contribution in [1.29, 1.82) is 0 Å². The molecule has 0 radical (unpaired) electrons. The van der Waals surface area contributed by atoms with Crippen LogP contribution in [0.4, 0.5) is 4.79 Å². The number of carbonyl (C=O) groups excluding carboxylic acids is 2. The zero-order chi connectivity index (χ0) is 14.4. The second-order valence-corrected chi connectivity index (χ2v) is 6.56. The molecular weight excluding hydrogens is 250 g/mol. The van der Waals surface area contributed by atoms with Gasteiger partial charge in [0.25, 0.3) is 0 Å². The Balaban J connectivity index is 2.12. The molecule has 2 aliphatic rings. The number of amides is 1. The lowest BCUT2D eigenvalue weighted by molar-refractivity contribution is -0.142. The van der Waals surface area contributed by atoms with Crippen LogP contribution in [0.25, 0.3) is 0 Å². The van der Waals surface area contributed by atoms with Crippen molar-refractivity contribution in [3.63, 3.8) is 0 Å². The van der Waals surface area contributed by atoms with Gasteiger partial charge in [-0.3, -0.25) is 9.69 Å². The molecule has 1 spiro atoms. The minimum atomic E-state index is -1.04. The van der Waals surface area contributed by atoms with Gasteiger partial charge in [-0.25, -0.2) is 9.59 Å². The van der Waals surface area contributed by atoms with Crippen LogP contribution in [0, 0.1) is 5.41 Å². The van der Waals surface area contributed by atoms with E-state index in [1.807, 2.05) is 0 Å². The Morgan fingerprint density at radius 2 is 1.95 bits per heavy atom. The van der Waals surface area contributed by atoms with Gasteiger partial charge >= 0.3 is 12.1 Å². The van der Waals surface area contributed by atoms with E-state index in [-0.39, 0.29) is 11.2 Å². The molecule has 6 heteroatoms. The van der Waals surface area contributed by atoms with E-state index in [2.05, 4.69) is 0 Å². The Morgan fingerprint density at radius 3 is 2.37 bits per heavy atom. The summed E-state index contributed by atoms with van der Waals surface area (Å²) in [5, 5.41) is 9.21. The van der Waals surface area contributed by atoms with Crippen molar-refractivity contribution in [2.45, 2.75) is 51.7 Å². The average Bonchev–Trinajstić information content (AvgIpc) is 2.55. The quantitative estimate of drug-likeness (QED) is 0.778. The molecule has 1 saturated carbocycles. The van der Waals surface area contributed by atoms with Crippen LogP contribution in [0.5, 0.6) is 0 Å². The van der Waals surface area contributed by atoms with Crippen LogP contribution in [0.2, 0.25) is 0 Å². The lowest BCUT2D eigenvalue weighted by Gasteiger charge is -2.36. The minimum Gasteiger partial charge on any atom is -0.480 e. The van der Waals surface area contributed by atoms with Crippen LogP contribution in [-0.2, 0) is 14.3 Å². The zero-order valence-corrected chi connectivity index (χ0v) is 11.4. The molecule has 1 aliphatic carbocycles. The first-order valence-electron chi connectivity index (χ1n) is 6.36. The summed E-state index contributed by atoms with van der Waals surface area (Å²) in [4.78, 5) is 35.7. The number of hydrogen-bond donors (Lipinski definition) is 1. The summed E-state index contributed by atoms with van der Waals surface area (Å²) in [6, 6.07) is -0.886. The monoisotopic (exact) mass is 269 g/mol. The number of carbonyl (C=O) groups is 3. The third-order valence-corrected chi connectivity index (χ3v) is 3.57. The Morgan fingerprint density at radius 1 is 1.37 bits per heavy atom. The van der Waals surface area contributed by atoms with Gasteiger partial charge in [-0.15, -0.1) is 0 Å². The molecule has 0 aromatic rings. The summed E-state index contributed by atoms with van der Waals surface area (Å²) in [5.41, 5.74) is -0.998. The van der Waals surface area contributed by atoms with Crippen LogP contribution in [0.3, 0.4) is 0 Å². The zero-order valence-electron chi connectivity index (χ0n) is 11.4. The molecule has 0 unspecified atom stereocenters. The number of rotatable bonds is 1. The van der Waals surface area contributed by atoms with Crippen molar-refractivity contribution in [2.75, 3.05) is 6.54 Å². The smallest absolute Gasteiger partial charge is 0.411 e. The Kier molecular flexibility index (Phi) is 3.07. The Bertz CT molecular complexity index is 429. The van der Waals surface area contributed by atoms with E-state index in [0.717, 1.165) is 0 Å². The van der Waals surface area contributed by atoms with Gasteiger partial charge in [0.1, 0.15) is 17.4 Å². The molecule has 2 rings (SSSR count). The highest BCUT2D eigenvalue weighted by Gasteiger charge is 2.55. The summed E-state index contributed by atoms with van der Waals surface area (Å²) in [6.45, 7) is 5.50. The molecule has 6 nitrogen and oxygen atoms in total. The lowest BCUT2D eigenvalue weighted by atomic mass is 9.66. The number of carboxylic acid groups (broad SMARTS) is 1. The average molecular weight is 269 g/mol. The van der Waals surface area contributed by atoms with E-state index in [9.17, 15) is 19.5 Å². The van der Waals surface area contributed by atoms with Crippen LogP contribution in [0.1, 0.15) is 40.0 Å². The number of carboxylic acids is 1. The molecule has 106 valence electrons. The van der Waals surface area contributed by atoms with E-state index in [0.29, 0.717) is 25.8 Å². The summed E-state index contributed by atoms with van der Waals surface area (Å²) >= 11 is 0. The molecule has 1 atom stereocenters. The first-order valence-corrected chi connectivity index (χ1v) is 6.36. The molecule has 0 aromatic heterocycles. The van der Waals surface area contributed by atoms with Gasteiger partial charge in [0.05, 0.1) is 0 Å². The van der Waals surface area contributed by atoms with Gasteiger partial charge in [-0.2, -0.15) is 0 Å². The summed E-state index contributed by atoms with van der Waals surface area (Å²) in [7, 11) is 0. The first kappa shape index (κ1) is 13.8. The van der Waals surface area contributed by atoms with Crippen molar-refractivity contribution in [3.05, 3.63) is 0 Å². The van der Waals surface area contributed by atoms with Crippen molar-refractivity contribution >= 4 is 17.8 Å². The largest absolute Gasteiger partial charge is 0.480 e. The molecule has 0 bridgehead atoms. The second-order valence-electron chi connectivity index (χ2n) is 6.56. The van der Waals surface area contributed by atoms with Crippen LogP contribution in [-0.4, -0.2) is 46.0 Å². The highest BCUT2D eigenvalue weighted by Crippen LogP contribution is 2.48. The fraction of sp³-hybridized carbons (Fsp3) is 0.769. The maximum absolute atomic E-state index is 12.0. The molecule has 1 N–H and O–H groups in total. The van der Waals surface area contributed by atoms with Gasteiger partial charge < -0.3 is 9.84 Å². The molecule has 1 aliphatic heterocycles. The van der Waals surface area contributed by atoms with Gasteiger partial charge in [-0.1, -0.05) is 0 Å². The van der Waals surface area contributed by atoms with Gasteiger partial charge in [0, 0.05) is 24.8 Å². The number of hydrogen-bond acceptors (Lipinski definition) is 4. The van der Waals surface area contributed by atoms with E-state index >= 15 is 0 Å². The third kappa shape index (κ3) is 2.72. The van der Waals surface area contributed by atoms with Gasteiger partial charge in [0.2, 0.25) is 0 Å². The second kappa shape index (κ2) is 4.21. The van der Waals surface area contributed by atoms with Crippen molar-refractivity contribution in [1.82, 2.24) is 4.90 Å². The summed E-state index contributed by atoms with van der Waals surface area (Å²) in [6.07, 6.45) is 0.468. The predicted molar refractivity (Wildman–Crippen MR) is 65.7 cm³/mol. The summed E-state index contributed by atoms with van der Waals surface area (Å²) in [5.74, 6) is -0.905. The Labute approximate surface area is 111 Å². The number of Topliss-reactive ketones (excluding diaryl/α,β-unsaturated/α-hetero) is 1. The predicted octanol–water partition coefficient (Wildman–Crippen LogP) is 1.43. The highest BCUT2D eigenvalue weighted by atomic mass is 16.6. The van der Waals surface area contributed by atoms with Gasteiger partial charge in [0.15, 0.2) is 0 Å². The summed E-state index contributed by atoms with van der Waals surface area (Å²) < 4.78 is 5.23. The van der Waals surface area contributed by atoms with Crippen LogP contribution < -0.4 is 0 Å². The van der Waals surface area contributed by atoms with E-state index in [1.54, 1.807) is 20.8 Å². The third-order valence-electron chi connectivity index (χ3n) is 3.57. The van der Waals surface area contributed by atoms with Crippen molar-refractivity contribution < 1.29 is 24.2 Å². The number of aliphatic carboxylic acids is 1. The maximum atomic E-state index is 12.0. The molecule has 1 heterocycles. The fourth-order valence-electron chi connectivity index (χ4n) is 2.83. The van der Waals surface area contributed by atoms with Gasteiger partial charge in [-0.05, 0) is 27.2 Å². The number of ketones is 1. The highest BCUT2D eigenvalue weighted by molar-refractivity contribution is 5.88. The minimum absolute atomic E-state index is 0.134. The van der Waals surface area contributed by atoms with E-state index in [4.69, 9.17) is 4.74 Å². The van der Waals surface area contributed by atoms with E-state index in [1.165, 1.54) is 4.90 Å². The molecule has 1 saturated heterocycles. The number of ether oxygens (including phenoxy) is 1. The molecular formula is C13H19NO5. The topological polar surface area (TPSA) is 83.9 Å². The SMILES string of the molecule is CC(C)(C)OC(=O)N1CC2(CC(=O)C2)C[C@H]1C(=O)O. The number of nitrogens with zero attached hydrogens (tertiary/aromatic N) is 1. The van der Waals surface area contributed by atoms with Crippen LogP contribution >= 0.6 is 0 Å². The van der Waals surface area contributed by atoms with Crippen molar-refractivity contribution in [2.24, 2.45) is 5.41 Å². The van der Waals surface area contributed by atoms with E-state index < -0.39 is 23.7 Å².